The summed E-state index contributed by atoms with van der Waals surface area (Å²) in [6.07, 6.45) is 51.5. The maximum Gasteiger partial charge on any atom is -0.0317 e. The van der Waals surface area contributed by atoms with Crippen LogP contribution in [0.5, 0.6) is 0 Å². The van der Waals surface area contributed by atoms with Crippen molar-refractivity contribution in [2.45, 2.75) is 239 Å². The van der Waals surface area contributed by atoms with Crippen LogP contribution in [-0.2, 0) is 0 Å². The summed E-state index contributed by atoms with van der Waals surface area (Å²) in [6, 6.07) is 0. The van der Waals surface area contributed by atoms with Crippen molar-refractivity contribution in [2.24, 2.45) is 0 Å². The molecular weight excluding hydrogens is 492 g/mol. The third kappa shape index (κ3) is 35.6. The van der Waals surface area contributed by atoms with E-state index in [4.69, 9.17) is 0 Å². The van der Waals surface area contributed by atoms with E-state index in [1.54, 1.807) is 5.57 Å². The van der Waals surface area contributed by atoms with E-state index in [1.807, 2.05) is 0 Å². The number of hydrogen-bond acceptors (Lipinski definition) is 0. The molecule has 0 saturated carbocycles. The van der Waals surface area contributed by atoms with Gasteiger partial charge < -0.3 is 0 Å². The molecule has 41 heavy (non-hydrogen) atoms. The summed E-state index contributed by atoms with van der Waals surface area (Å²) >= 11 is 0. The molecule has 0 aliphatic heterocycles. The second-order valence-corrected chi connectivity index (χ2v) is 13.8. The smallest absolute Gasteiger partial charge is 0.0317 e. The van der Waals surface area contributed by atoms with Gasteiger partial charge in [-0.15, -0.1) is 0 Å². The van der Waals surface area contributed by atoms with Gasteiger partial charge in [-0.2, -0.15) is 0 Å². The largest absolute Gasteiger partial charge is 0.0961 e. The molecule has 0 saturated heterocycles. The third-order valence-electron chi connectivity index (χ3n) is 9.15. The molecule has 0 nitrogen and oxygen atoms in total. The summed E-state index contributed by atoms with van der Waals surface area (Å²) in [6.45, 7) is 10.9. The Balaban J connectivity index is 3.49. The summed E-state index contributed by atoms with van der Waals surface area (Å²) in [5.41, 5.74) is 2.92. The lowest BCUT2D eigenvalue weighted by Crippen LogP contribution is -1.89. The van der Waals surface area contributed by atoms with Crippen LogP contribution in [0.3, 0.4) is 0 Å². The van der Waals surface area contributed by atoms with Gasteiger partial charge in [0.2, 0.25) is 0 Å². The molecule has 0 unspecified atom stereocenters. The van der Waals surface area contributed by atoms with Crippen molar-refractivity contribution in [1.29, 1.82) is 0 Å². The fourth-order valence-electron chi connectivity index (χ4n) is 6.42. The third-order valence-corrected chi connectivity index (χ3v) is 9.15. The van der Waals surface area contributed by atoms with E-state index < -0.39 is 0 Å². The Hall–Kier alpha value is -0.520. The van der Waals surface area contributed by atoms with E-state index >= 15 is 0 Å². The van der Waals surface area contributed by atoms with Gasteiger partial charge in [0.25, 0.3) is 0 Å². The molecule has 0 aromatic rings. The standard InChI is InChI=1S/C41H80/c1-5-7-9-11-13-15-17-19-21-23-25-27-29-31-33-35-37-41(39-40(3)4)38-36-34-32-30-28-26-24-22-20-18-16-14-12-10-8-6-2/h39H,3,5-38H2,1-2,4H3. The van der Waals surface area contributed by atoms with Crippen LogP contribution in [0.4, 0.5) is 0 Å². The van der Waals surface area contributed by atoms with E-state index in [0.29, 0.717) is 0 Å². The first-order valence-corrected chi connectivity index (χ1v) is 19.6. The maximum absolute atomic E-state index is 4.17. The molecule has 0 aromatic heterocycles. The van der Waals surface area contributed by atoms with Gasteiger partial charge in [-0.3, -0.25) is 0 Å². The van der Waals surface area contributed by atoms with Crippen LogP contribution < -0.4 is 0 Å². The molecule has 0 fully saturated rings. The van der Waals surface area contributed by atoms with Crippen LogP contribution in [-0.4, -0.2) is 0 Å². The predicted octanol–water partition coefficient (Wildman–Crippen LogP) is 15.8. The van der Waals surface area contributed by atoms with Crippen LogP contribution in [0, 0.1) is 0 Å². The predicted molar refractivity (Wildman–Crippen MR) is 191 cm³/mol. The van der Waals surface area contributed by atoms with Gasteiger partial charge in [-0.1, -0.05) is 230 Å². The van der Waals surface area contributed by atoms with Crippen LogP contribution in [0.1, 0.15) is 239 Å². The topological polar surface area (TPSA) is 0 Å². The van der Waals surface area contributed by atoms with Gasteiger partial charge >= 0.3 is 0 Å². The number of unbranched alkanes of at least 4 members (excludes halogenated alkanes) is 30. The molecule has 0 aromatic carbocycles. The van der Waals surface area contributed by atoms with Crippen molar-refractivity contribution in [3.8, 4) is 0 Å². The van der Waals surface area contributed by atoms with Crippen molar-refractivity contribution in [2.75, 3.05) is 0 Å². The van der Waals surface area contributed by atoms with Crippen LogP contribution in [0.2, 0.25) is 0 Å². The van der Waals surface area contributed by atoms with Crippen molar-refractivity contribution < 1.29 is 0 Å². The van der Waals surface area contributed by atoms with E-state index in [9.17, 15) is 0 Å². The Morgan fingerprint density at radius 1 is 0.341 bits per heavy atom. The highest BCUT2D eigenvalue weighted by Gasteiger charge is 2.01. The minimum Gasteiger partial charge on any atom is -0.0961 e. The molecule has 0 heterocycles. The fourth-order valence-corrected chi connectivity index (χ4v) is 6.42. The molecule has 0 heteroatoms. The normalized spacial score (nSPS) is 11.3. The van der Waals surface area contributed by atoms with Crippen LogP contribution in [0.15, 0.2) is 23.8 Å². The first kappa shape index (κ1) is 40.5. The zero-order chi connectivity index (χ0) is 29.9. The number of allylic oxidation sites excluding steroid dienone is 3. The molecule has 0 bridgehead atoms. The van der Waals surface area contributed by atoms with Crippen LogP contribution >= 0.6 is 0 Å². The molecule has 0 rings (SSSR count). The molecule has 0 radical (unpaired) electrons. The first-order valence-electron chi connectivity index (χ1n) is 19.6. The molecule has 0 aliphatic rings. The molecule has 0 amide bonds. The van der Waals surface area contributed by atoms with Crippen LogP contribution in [0.25, 0.3) is 0 Å². The average molecular weight is 573 g/mol. The lowest BCUT2D eigenvalue weighted by Gasteiger charge is -2.09. The van der Waals surface area contributed by atoms with Gasteiger partial charge in [0.1, 0.15) is 0 Å². The lowest BCUT2D eigenvalue weighted by atomic mass is 9.97. The van der Waals surface area contributed by atoms with E-state index in [0.717, 1.165) is 0 Å². The molecule has 244 valence electrons. The van der Waals surface area contributed by atoms with Gasteiger partial charge in [0.15, 0.2) is 0 Å². The van der Waals surface area contributed by atoms with Crippen molar-refractivity contribution in [3.05, 3.63) is 23.8 Å². The maximum atomic E-state index is 4.17. The highest BCUT2D eigenvalue weighted by molar-refractivity contribution is 5.18. The minimum absolute atomic E-state index is 1.24. The first-order chi connectivity index (χ1) is 20.2. The molecular formula is C41H80. The zero-order valence-electron chi connectivity index (χ0n) is 29.3. The Labute approximate surface area is 262 Å². The summed E-state index contributed by atoms with van der Waals surface area (Å²) < 4.78 is 0. The SMILES string of the molecule is C=C(C)C=C(CCCCCCCCCCCCCCCCCC)CCCCCCCCCCCCCCCCCC. The Morgan fingerprint density at radius 2 is 0.537 bits per heavy atom. The summed E-state index contributed by atoms with van der Waals surface area (Å²) in [5.74, 6) is 0. The Morgan fingerprint density at radius 3 is 0.732 bits per heavy atom. The van der Waals surface area contributed by atoms with Crippen molar-refractivity contribution >= 4 is 0 Å². The second kappa shape index (κ2) is 35.7. The summed E-state index contributed by atoms with van der Waals surface area (Å²) in [5, 5.41) is 0. The van der Waals surface area contributed by atoms with Gasteiger partial charge in [-0.05, 0) is 32.6 Å². The van der Waals surface area contributed by atoms with Crippen molar-refractivity contribution in [3.63, 3.8) is 0 Å². The highest BCUT2D eigenvalue weighted by atomic mass is 14.1. The van der Waals surface area contributed by atoms with Gasteiger partial charge in [0, 0.05) is 0 Å². The second-order valence-electron chi connectivity index (χ2n) is 13.8. The van der Waals surface area contributed by atoms with E-state index in [2.05, 4.69) is 33.4 Å². The van der Waals surface area contributed by atoms with Crippen molar-refractivity contribution in [1.82, 2.24) is 0 Å². The number of rotatable bonds is 35. The average Bonchev–Trinajstić information content (AvgIpc) is 2.96. The Kier molecular flexibility index (Phi) is 35.2. The number of hydrogen-bond donors (Lipinski definition) is 0. The monoisotopic (exact) mass is 573 g/mol. The quantitative estimate of drug-likeness (QED) is 0.0523. The molecule has 0 aliphatic carbocycles. The Bertz CT molecular complexity index is 488. The summed E-state index contributed by atoms with van der Waals surface area (Å²) in [7, 11) is 0. The molecule has 0 N–H and O–H groups in total. The van der Waals surface area contributed by atoms with Gasteiger partial charge in [0.05, 0.1) is 0 Å². The minimum atomic E-state index is 1.24. The fraction of sp³-hybridized carbons (Fsp3) is 0.902. The van der Waals surface area contributed by atoms with Gasteiger partial charge in [-0.25, -0.2) is 0 Å². The lowest BCUT2D eigenvalue weighted by molar-refractivity contribution is 0.526. The molecule has 0 atom stereocenters. The van der Waals surface area contributed by atoms with E-state index in [-0.39, 0.29) is 0 Å². The molecule has 0 spiro atoms. The summed E-state index contributed by atoms with van der Waals surface area (Å²) in [4.78, 5) is 0. The van der Waals surface area contributed by atoms with E-state index in [1.165, 1.54) is 224 Å². The highest BCUT2D eigenvalue weighted by Crippen LogP contribution is 2.21. The zero-order valence-corrected chi connectivity index (χ0v) is 29.3.